The zero-order chi connectivity index (χ0) is 10.8. The van der Waals surface area contributed by atoms with E-state index in [1.807, 2.05) is 24.4 Å². The van der Waals surface area contributed by atoms with E-state index in [2.05, 4.69) is 0 Å². The molecule has 0 bridgehead atoms. The van der Waals surface area contributed by atoms with E-state index in [-0.39, 0.29) is 5.75 Å². The Labute approximate surface area is 91.8 Å². The molecule has 3 heteroatoms. The largest absolute Gasteiger partial charge is 0.507 e. The molecule has 0 saturated carbocycles. The van der Waals surface area contributed by atoms with Gasteiger partial charge in [-0.3, -0.25) is 4.79 Å². The molecule has 2 nitrogen and oxygen atoms in total. The smallest absolute Gasteiger partial charge is 0.153 e. The molecule has 0 unspecified atom stereocenters. The van der Waals surface area contributed by atoms with Crippen molar-refractivity contribution >= 4 is 17.6 Å². The minimum Gasteiger partial charge on any atom is -0.507 e. The van der Waals surface area contributed by atoms with Gasteiger partial charge in [-0.2, -0.15) is 0 Å². The first-order valence-corrected chi connectivity index (χ1v) is 5.43. The summed E-state index contributed by atoms with van der Waals surface area (Å²) in [5, 5.41) is 11.4. The van der Waals surface area contributed by atoms with Gasteiger partial charge in [0.15, 0.2) is 6.29 Å². The molecule has 0 spiro atoms. The van der Waals surface area contributed by atoms with Crippen LogP contribution in [0.15, 0.2) is 29.6 Å². The third-order valence-corrected chi connectivity index (χ3v) is 3.34. The zero-order valence-electron chi connectivity index (χ0n) is 8.23. The Morgan fingerprint density at radius 1 is 1.33 bits per heavy atom. The lowest BCUT2D eigenvalue weighted by molar-refractivity contribution is 0.112. The summed E-state index contributed by atoms with van der Waals surface area (Å²) in [5.41, 5.74) is 2.49. The van der Waals surface area contributed by atoms with Crippen LogP contribution in [0.3, 0.4) is 0 Å². The molecular formula is C12H10O2S. The Morgan fingerprint density at radius 3 is 2.73 bits per heavy atom. The fraction of sp³-hybridized carbons (Fsp3) is 0.0833. The van der Waals surface area contributed by atoms with E-state index in [4.69, 9.17) is 0 Å². The maximum Gasteiger partial charge on any atom is 0.153 e. The van der Waals surface area contributed by atoms with Crippen LogP contribution in [0.1, 0.15) is 15.9 Å². The first-order chi connectivity index (χ1) is 7.22. The van der Waals surface area contributed by atoms with Crippen LogP contribution in [0, 0.1) is 6.92 Å². The number of aromatic hydroxyl groups is 1. The first-order valence-electron chi connectivity index (χ1n) is 4.55. The van der Waals surface area contributed by atoms with E-state index in [1.165, 1.54) is 5.56 Å². The van der Waals surface area contributed by atoms with Gasteiger partial charge in [-0.25, -0.2) is 0 Å². The standard InChI is InChI=1S/C12H10O2S/c1-8-4-5-15-12(8)9-2-3-11(14)10(6-9)7-13/h2-7,14H,1H3. The van der Waals surface area contributed by atoms with Crippen LogP contribution < -0.4 is 0 Å². The molecule has 1 N–H and O–H groups in total. The van der Waals surface area contributed by atoms with E-state index in [9.17, 15) is 9.90 Å². The highest BCUT2D eigenvalue weighted by Crippen LogP contribution is 2.31. The van der Waals surface area contributed by atoms with Crippen molar-refractivity contribution in [2.45, 2.75) is 6.92 Å². The van der Waals surface area contributed by atoms with Gasteiger partial charge in [-0.05, 0) is 47.7 Å². The molecular weight excluding hydrogens is 208 g/mol. The molecule has 0 aliphatic rings. The van der Waals surface area contributed by atoms with Gasteiger partial charge in [0.05, 0.1) is 5.56 Å². The Kier molecular flexibility index (Phi) is 2.56. The lowest BCUT2D eigenvalue weighted by Gasteiger charge is -2.02. The second-order valence-electron chi connectivity index (χ2n) is 3.32. The average Bonchev–Trinajstić information content (AvgIpc) is 2.65. The van der Waals surface area contributed by atoms with Crippen LogP contribution in [-0.2, 0) is 0 Å². The second kappa shape index (κ2) is 3.87. The lowest BCUT2D eigenvalue weighted by Crippen LogP contribution is -1.83. The normalized spacial score (nSPS) is 10.2. The summed E-state index contributed by atoms with van der Waals surface area (Å²) in [5.74, 6) is 0.0305. The van der Waals surface area contributed by atoms with Crippen molar-refractivity contribution in [1.82, 2.24) is 0 Å². The van der Waals surface area contributed by atoms with Crippen LogP contribution in [-0.4, -0.2) is 11.4 Å². The summed E-state index contributed by atoms with van der Waals surface area (Å²) < 4.78 is 0. The highest BCUT2D eigenvalue weighted by atomic mass is 32.1. The van der Waals surface area contributed by atoms with Gasteiger partial charge in [0, 0.05) is 4.88 Å². The Balaban J connectivity index is 2.55. The number of aryl methyl sites for hydroxylation is 1. The van der Waals surface area contributed by atoms with E-state index in [1.54, 1.807) is 23.5 Å². The van der Waals surface area contributed by atoms with Crippen LogP contribution >= 0.6 is 11.3 Å². The molecule has 2 aromatic rings. The van der Waals surface area contributed by atoms with Crippen molar-refractivity contribution in [3.63, 3.8) is 0 Å². The number of rotatable bonds is 2. The summed E-state index contributed by atoms with van der Waals surface area (Å²) in [7, 11) is 0. The quantitative estimate of drug-likeness (QED) is 0.786. The first kappa shape index (κ1) is 9.93. The Morgan fingerprint density at radius 2 is 2.13 bits per heavy atom. The number of phenols is 1. The van der Waals surface area contributed by atoms with Crippen molar-refractivity contribution < 1.29 is 9.90 Å². The molecule has 0 atom stereocenters. The van der Waals surface area contributed by atoms with Gasteiger partial charge in [-0.15, -0.1) is 11.3 Å². The SMILES string of the molecule is Cc1ccsc1-c1ccc(O)c(C=O)c1. The van der Waals surface area contributed by atoms with E-state index < -0.39 is 0 Å². The second-order valence-corrected chi connectivity index (χ2v) is 4.24. The molecule has 0 fully saturated rings. The fourth-order valence-corrected chi connectivity index (χ4v) is 2.38. The minimum atomic E-state index is 0.0305. The molecule has 0 aliphatic carbocycles. The average molecular weight is 218 g/mol. The van der Waals surface area contributed by atoms with Crippen molar-refractivity contribution in [1.29, 1.82) is 0 Å². The number of aldehydes is 1. The third kappa shape index (κ3) is 1.78. The zero-order valence-corrected chi connectivity index (χ0v) is 9.04. The summed E-state index contributed by atoms with van der Waals surface area (Å²) >= 11 is 1.63. The lowest BCUT2D eigenvalue weighted by atomic mass is 10.1. The Bertz CT molecular complexity index is 500. The van der Waals surface area contributed by atoms with E-state index in [0.29, 0.717) is 11.8 Å². The highest BCUT2D eigenvalue weighted by molar-refractivity contribution is 7.13. The van der Waals surface area contributed by atoms with Gasteiger partial charge in [0.2, 0.25) is 0 Å². The molecule has 0 aliphatic heterocycles. The molecule has 1 heterocycles. The number of phenolic OH excluding ortho intramolecular Hbond substituents is 1. The third-order valence-electron chi connectivity index (χ3n) is 2.28. The van der Waals surface area contributed by atoms with Crippen molar-refractivity contribution in [3.8, 4) is 16.2 Å². The molecule has 76 valence electrons. The highest BCUT2D eigenvalue weighted by Gasteiger charge is 2.06. The predicted octanol–water partition coefficient (Wildman–Crippen LogP) is 3.24. The van der Waals surface area contributed by atoms with Crippen molar-refractivity contribution in [3.05, 3.63) is 40.8 Å². The minimum absolute atomic E-state index is 0.0305. The van der Waals surface area contributed by atoms with Crippen LogP contribution in [0.25, 0.3) is 10.4 Å². The van der Waals surface area contributed by atoms with Crippen LogP contribution in [0.4, 0.5) is 0 Å². The van der Waals surface area contributed by atoms with Crippen LogP contribution in [0.5, 0.6) is 5.75 Å². The predicted molar refractivity (Wildman–Crippen MR) is 61.5 cm³/mol. The van der Waals surface area contributed by atoms with Gasteiger partial charge < -0.3 is 5.11 Å². The maximum atomic E-state index is 10.7. The number of benzene rings is 1. The summed E-state index contributed by atoms with van der Waals surface area (Å²) in [4.78, 5) is 11.8. The molecule has 1 aromatic carbocycles. The van der Waals surface area contributed by atoms with Crippen LogP contribution in [0.2, 0.25) is 0 Å². The fourth-order valence-electron chi connectivity index (χ4n) is 1.46. The summed E-state index contributed by atoms with van der Waals surface area (Å²) in [6.07, 6.45) is 0.668. The number of carbonyl (C=O) groups excluding carboxylic acids is 1. The number of thiophene rings is 1. The van der Waals surface area contributed by atoms with Crippen molar-refractivity contribution in [2.75, 3.05) is 0 Å². The monoisotopic (exact) mass is 218 g/mol. The van der Waals surface area contributed by atoms with E-state index >= 15 is 0 Å². The molecule has 0 radical (unpaired) electrons. The summed E-state index contributed by atoms with van der Waals surface area (Å²) in [6.45, 7) is 2.03. The number of carbonyl (C=O) groups is 1. The topological polar surface area (TPSA) is 37.3 Å². The molecule has 15 heavy (non-hydrogen) atoms. The Hall–Kier alpha value is -1.61. The van der Waals surface area contributed by atoms with Gasteiger partial charge >= 0.3 is 0 Å². The molecule has 0 saturated heterocycles. The molecule has 2 rings (SSSR count). The van der Waals surface area contributed by atoms with Crippen molar-refractivity contribution in [2.24, 2.45) is 0 Å². The molecule has 0 amide bonds. The van der Waals surface area contributed by atoms with Gasteiger partial charge in [0.1, 0.15) is 5.75 Å². The van der Waals surface area contributed by atoms with Gasteiger partial charge in [-0.1, -0.05) is 0 Å². The van der Waals surface area contributed by atoms with E-state index in [0.717, 1.165) is 10.4 Å². The van der Waals surface area contributed by atoms with Gasteiger partial charge in [0.25, 0.3) is 0 Å². The molecule has 1 aromatic heterocycles. The number of hydrogen-bond acceptors (Lipinski definition) is 3. The summed E-state index contributed by atoms with van der Waals surface area (Å²) in [6, 6.07) is 7.12. The maximum absolute atomic E-state index is 10.7. The number of hydrogen-bond donors (Lipinski definition) is 1.